The predicted octanol–water partition coefficient (Wildman–Crippen LogP) is 5.37. The van der Waals surface area contributed by atoms with E-state index in [0.717, 1.165) is 29.8 Å². The Balaban J connectivity index is 1.27. The van der Waals surface area contributed by atoms with Gasteiger partial charge in [-0.3, -0.25) is 19.4 Å². The number of allylic oxidation sites excluding steroid dienone is 3. The van der Waals surface area contributed by atoms with Crippen LogP contribution in [0.4, 0.5) is 0 Å². The minimum atomic E-state index is -1.69. The van der Waals surface area contributed by atoms with Gasteiger partial charge >= 0.3 is 0 Å². The quantitative estimate of drug-likeness (QED) is 0.455. The van der Waals surface area contributed by atoms with Crippen molar-refractivity contribution in [2.45, 2.75) is 64.4 Å². The molecule has 3 fully saturated rings. The molecule has 0 amide bonds. The Morgan fingerprint density at radius 1 is 1.07 bits per heavy atom. The van der Waals surface area contributed by atoms with Gasteiger partial charge in [0.2, 0.25) is 0 Å². The van der Waals surface area contributed by atoms with Gasteiger partial charge in [0.1, 0.15) is 11.4 Å². The van der Waals surface area contributed by atoms with Crippen molar-refractivity contribution in [3.8, 4) is 11.4 Å². The van der Waals surface area contributed by atoms with E-state index < -0.39 is 11.0 Å². The Hall–Kier alpha value is -3.58. The van der Waals surface area contributed by atoms with Crippen molar-refractivity contribution in [3.05, 3.63) is 65.7 Å². The van der Waals surface area contributed by atoms with Gasteiger partial charge < -0.3 is 15.1 Å². The highest BCUT2D eigenvalue weighted by atomic mass is 16.3. The Morgan fingerprint density at radius 2 is 1.93 bits per heavy atom. The zero-order chi connectivity index (χ0) is 27.9. The second-order valence-electron chi connectivity index (χ2n) is 12.9. The lowest BCUT2D eigenvalue weighted by molar-refractivity contribution is -0.165. The van der Waals surface area contributed by atoms with Gasteiger partial charge in [0, 0.05) is 36.6 Å². The summed E-state index contributed by atoms with van der Waals surface area (Å²) >= 11 is 0. The van der Waals surface area contributed by atoms with Crippen LogP contribution in [0.3, 0.4) is 0 Å². The molecule has 7 nitrogen and oxygen atoms in total. The van der Waals surface area contributed by atoms with E-state index in [-0.39, 0.29) is 46.9 Å². The molecule has 0 saturated heterocycles. The van der Waals surface area contributed by atoms with E-state index in [1.807, 2.05) is 37.4 Å². The number of nitrogens with zero attached hydrogens (tertiary/aromatic N) is 1. The van der Waals surface area contributed by atoms with E-state index in [9.17, 15) is 19.5 Å². The summed E-state index contributed by atoms with van der Waals surface area (Å²) in [5.41, 5.74) is 1.43. The number of hydrogen-bond acceptors (Lipinski definition) is 5. The summed E-state index contributed by atoms with van der Waals surface area (Å²) in [6.45, 7) is 4.12. The number of H-pyrrole nitrogens is 2. The minimum absolute atomic E-state index is 0.0483. The van der Waals surface area contributed by atoms with Crippen LogP contribution in [0.25, 0.3) is 17.0 Å². The highest BCUT2D eigenvalue weighted by molar-refractivity contribution is 6.26. The van der Waals surface area contributed by atoms with E-state index in [4.69, 9.17) is 0 Å². The Kier molecular flexibility index (Phi) is 5.53. The monoisotopic (exact) mass is 537 g/mol. The molecule has 6 atom stereocenters. The molecule has 3 N–H and O–H groups in total. The maximum absolute atomic E-state index is 14.6. The molecule has 206 valence electrons. The normalized spacial score (nSPS) is 37.7. The number of rotatable bonds is 4. The lowest BCUT2D eigenvalue weighted by Gasteiger charge is -2.57. The maximum Gasteiger partial charge on any atom is 0.199 e. The number of Topliss-reactive ketones (excluding diaryl/α,β-unsaturated/α-hetero) is 2. The molecule has 0 spiro atoms. The maximum atomic E-state index is 14.6. The van der Waals surface area contributed by atoms with Crippen LogP contribution in [0.5, 0.6) is 0 Å². The van der Waals surface area contributed by atoms with Crippen LogP contribution >= 0.6 is 0 Å². The van der Waals surface area contributed by atoms with E-state index in [1.165, 1.54) is 0 Å². The van der Waals surface area contributed by atoms with Gasteiger partial charge in [-0.1, -0.05) is 19.4 Å². The molecular formula is C33H35N3O4. The number of ketones is 3. The third-order valence-corrected chi connectivity index (χ3v) is 11.1. The molecule has 2 aromatic heterocycles. The topological polar surface area (TPSA) is 115 Å². The number of nitrogens with one attached hydrogen (secondary N) is 2. The fraction of sp³-hybridized carbons (Fsp3) is 0.455. The van der Waals surface area contributed by atoms with Crippen molar-refractivity contribution in [1.82, 2.24) is 9.97 Å². The largest absolute Gasteiger partial charge is 0.381 e. The van der Waals surface area contributed by atoms with Gasteiger partial charge in [0.05, 0.1) is 28.4 Å². The third kappa shape index (κ3) is 3.39. The molecule has 2 aromatic rings. The number of carbonyl (C=O) groups excluding carboxylic acids is 3. The average molecular weight is 538 g/mol. The van der Waals surface area contributed by atoms with Crippen LogP contribution < -0.4 is 0 Å². The number of aromatic amines is 2. The molecule has 0 radical (unpaired) electrons. The van der Waals surface area contributed by atoms with Gasteiger partial charge in [0.15, 0.2) is 11.6 Å². The third-order valence-electron chi connectivity index (χ3n) is 11.1. The van der Waals surface area contributed by atoms with Crippen molar-refractivity contribution in [1.29, 1.82) is 0 Å². The number of fused-ring (bicyclic) bond motifs is 5. The summed E-state index contributed by atoms with van der Waals surface area (Å²) in [4.78, 5) is 51.9. The van der Waals surface area contributed by atoms with Crippen LogP contribution in [0, 0.1) is 28.6 Å². The first kappa shape index (κ1) is 25.4. The first-order chi connectivity index (χ1) is 19.2. The van der Waals surface area contributed by atoms with E-state index in [1.54, 1.807) is 24.4 Å². The van der Waals surface area contributed by atoms with Crippen LogP contribution in [-0.2, 0) is 14.4 Å². The first-order valence-electron chi connectivity index (χ1n) is 14.5. The Bertz CT molecular complexity index is 1540. The molecule has 40 heavy (non-hydrogen) atoms. The Morgan fingerprint density at radius 3 is 2.67 bits per heavy atom. The first-order valence-corrected chi connectivity index (χ1v) is 14.5. The fourth-order valence-electron chi connectivity index (χ4n) is 8.99. The molecule has 0 aromatic carbocycles. The summed E-state index contributed by atoms with van der Waals surface area (Å²) in [5.74, 6) is -0.105. The summed E-state index contributed by atoms with van der Waals surface area (Å²) in [6.07, 6.45) is 12.8. The number of aromatic nitrogens is 2. The van der Waals surface area contributed by atoms with Crippen LogP contribution in [-0.4, -0.2) is 44.2 Å². The van der Waals surface area contributed by atoms with Crippen LogP contribution in [0.1, 0.15) is 64.5 Å². The van der Waals surface area contributed by atoms with E-state index in [2.05, 4.69) is 21.9 Å². The molecule has 1 aliphatic heterocycles. The SMILES string of the molecule is C[C@]12CCC(=O)C=C1CC[C@@H]1[C@@H]2C(=O)C[C@@]2(C)[C@H]1CC[C@]2(O)C(=O)/C(=C1/C=CC=N1)c1ccc(-c2ccc[nH]2)[nH]1. The highest BCUT2D eigenvalue weighted by Gasteiger charge is 2.69. The summed E-state index contributed by atoms with van der Waals surface area (Å²) in [6, 6.07) is 7.64. The molecule has 3 heterocycles. The van der Waals surface area contributed by atoms with Gasteiger partial charge in [0.25, 0.3) is 0 Å². The molecule has 5 aliphatic rings. The van der Waals surface area contributed by atoms with Crippen molar-refractivity contribution in [2.75, 3.05) is 0 Å². The van der Waals surface area contributed by atoms with Gasteiger partial charge in [-0.2, -0.15) is 0 Å². The van der Waals surface area contributed by atoms with Gasteiger partial charge in [-0.05, 0) is 91.8 Å². The van der Waals surface area contributed by atoms with Gasteiger partial charge in [-0.15, -0.1) is 0 Å². The lowest BCUT2D eigenvalue weighted by atomic mass is 9.45. The molecule has 3 saturated carbocycles. The zero-order valence-electron chi connectivity index (χ0n) is 23.0. The smallest absolute Gasteiger partial charge is 0.199 e. The van der Waals surface area contributed by atoms with Crippen molar-refractivity contribution in [3.63, 3.8) is 0 Å². The minimum Gasteiger partial charge on any atom is -0.381 e. The molecule has 7 heteroatoms. The number of aliphatic imine (C=N–C) groups is 1. The Labute approximate surface area is 233 Å². The zero-order valence-corrected chi connectivity index (χ0v) is 23.0. The summed E-state index contributed by atoms with van der Waals surface area (Å²) in [5, 5.41) is 12.4. The fourth-order valence-corrected chi connectivity index (χ4v) is 8.99. The van der Waals surface area contributed by atoms with Gasteiger partial charge in [-0.25, -0.2) is 0 Å². The molecule has 4 aliphatic carbocycles. The molecule has 0 bridgehead atoms. The summed E-state index contributed by atoms with van der Waals surface area (Å²) in [7, 11) is 0. The lowest BCUT2D eigenvalue weighted by Crippen LogP contribution is -2.60. The molecule has 7 rings (SSSR count). The van der Waals surface area contributed by atoms with Crippen molar-refractivity contribution >= 4 is 29.1 Å². The number of hydrogen-bond donors (Lipinski definition) is 3. The predicted molar refractivity (Wildman–Crippen MR) is 152 cm³/mol. The van der Waals surface area contributed by atoms with Crippen LogP contribution in [0.15, 0.2) is 65.0 Å². The van der Waals surface area contributed by atoms with Crippen molar-refractivity contribution in [2.24, 2.45) is 33.6 Å². The second-order valence-corrected chi connectivity index (χ2v) is 12.9. The van der Waals surface area contributed by atoms with Crippen molar-refractivity contribution < 1.29 is 19.5 Å². The standard InChI is InChI=1S/C33H35N3O4/c1-31-13-11-20(37)17-19(31)7-8-21-22-12-14-33(40,32(22,2)18-27(38)29(21)31)30(39)28(25-6-4-16-35-25)26-10-9-24(36-26)23-5-3-15-34-23/h3-6,9-10,15-17,21-22,29,34,36,40H,7-8,11-14,18H2,1-2H3/b28-25-/t21-,22-,29+,31-,32-,33-/m0/s1. The second kappa shape index (κ2) is 8.71. The number of aliphatic hydroxyl groups is 1. The summed E-state index contributed by atoms with van der Waals surface area (Å²) < 4.78 is 0. The molecule has 0 unspecified atom stereocenters. The van der Waals surface area contributed by atoms with Crippen LogP contribution in [0.2, 0.25) is 0 Å². The highest BCUT2D eigenvalue weighted by Crippen LogP contribution is 2.67. The number of carbonyl (C=O) groups is 3. The van der Waals surface area contributed by atoms with E-state index >= 15 is 0 Å². The van der Waals surface area contributed by atoms with E-state index in [0.29, 0.717) is 42.6 Å². The average Bonchev–Trinajstić information content (AvgIpc) is 3.73. The molecular weight excluding hydrogens is 502 g/mol.